The van der Waals surface area contributed by atoms with Crippen LogP contribution >= 0.6 is 0 Å². The van der Waals surface area contributed by atoms with E-state index in [2.05, 4.69) is 10.4 Å². The highest BCUT2D eigenvalue weighted by Crippen LogP contribution is 2.26. The van der Waals surface area contributed by atoms with Gasteiger partial charge >= 0.3 is 0 Å². The topological polar surface area (TPSA) is 90.3 Å². The Bertz CT molecular complexity index is 1350. The summed E-state index contributed by atoms with van der Waals surface area (Å²) in [6, 6.07) is 25.2. The minimum absolute atomic E-state index is 0.0497. The molecule has 4 rings (SSSR count). The van der Waals surface area contributed by atoms with Crippen LogP contribution in [0.4, 0.5) is 0 Å². The molecule has 0 radical (unpaired) electrons. The van der Waals surface area contributed by atoms with Crippen LogP contribution in [0.15, 0.2) is 96.0 Å². The average Bonchev–Trinajstić information content (AvgIpc) is 3.33. The van der Waals surface area contributed by atoms with E-state index in [1.165, 1.54) is 0 Å². The highest BCUT2D eigenvalue weighted by molar-refractivity contribution is 7.91. The van der Waals surface area contributed by atoms with E-state index in [-0.39, 0.29) is 23.1 Å². The van der Waals surface area contributed by atoms with Crippen LogP contribution in [-0.2, 0) is 9.84 Å². The molecule has 0 aliphatic carbocycles. The standard InChI is InChI=1S/C26H25N3O4S/c1-33-22-15-13-20(14-16-22)25-24(19-29(28-25)21-9-4-2-5-10-21)26(30)27-17-8-18-34(31,32)23-11-6-3-7-12-23/h2-7,9-16,19H,8,17-18H2,1H3,(H,27,30). The van der Waals surface area contributed by atoms with Crippen molar-refractivity contribution in [3.8, 4) is 22.7 Å². The summed E-state index contributed by atoms with van der Waals surface area (Å²) in [7, 11) is -1.80. The third-order valence-corrected chi connectivity index (χ3v) is 7.14. The zero-order valence-corrected chi connectivity index (χ0v) is 19.5. The van der Waals surface area contributed by atoms with Crippen molar-refractivity contribution in [1.82, 2.24) is 15.1 Å². The Morgan fingerprint density at radius 1 is 0.941 bits per heavy atom. The van der Waals surface area contributed by atoms with E-state index in [9.17, 15) is 13.2 Å². The van der Waals surface area contributed by atoms with Crippen LogP contribution in [-0.4, -0.2) is 43.5 Å². The number of sulfone groups is 1. The van der Waals surface area contributed by atoms with Crippen LogP contribution in [0.25, 0.3) is 16.9 Å². The Morgan fingerprint density at radius 2 is 1.59 bits per heavy atom. The van der Waals surface area contributed by atoms with Gasteiger partial charge in [-0.3, -0.25) is 4.79 Å². The number of hydrogen-bond donors (Lipinski definition) is 1. The third-order valence-electron chi connectivity index (χ3n) is 5.32. The van der Waals surface area contributed by atoms with Crippen molar-refractivity contribution in [3.05, 3.63) is 96.7 Å². The number of benzene rings is 3. The fourth-order valence-electron chi connectivity index (χ4n) is 3.52. The molecular formula is C26H25N3O4S. The van der Waals surface area contributed by atoms with Gasteiger partial charge in [0.15, 0.2) is 9.84 Å². The zero-order valence-electron chi connectivity index (χ0n) is 18.7. The number of nitrogens with one attached hydrogen (secondary N) is 1. The quantitative estimate of drug-likeness (QED) is 0.368. The highest BCUT2D eigenvalue weighted by Gasteiger charge is 2.19. The first-order valence-corrected chi connectivity index (χ1v) is 12.5. The maximum Gasteiger partial charge on any atom is 0.255 e. The molecule has 7 nitrogen and oxygen atoms in total. The van der Waals surface area contributed by atoms with Crippen molar-refractivity contribution in [2.75, 3.05) is 19.4 Å². The predicted octanol–water partition coefficient (Wildman–Crippen LogP) is 4.14. The summed E-state index contributed by atoms with van der Waals surface area (Å²) in [5.41, 5.74) is 2.53. The first-order chi connectivity index (χ1) is 16.5. The zero-order chi connectivity index (χ0) is 24.0. The Morgan fingerprint density at radius 3 is 2.24 bits per heavy atom. The van der Waals surface area contributed by atoms with E-state index < -0.39 is 9.84 Å². The molecule has 1 heterocycles. The lowest BCUT2D eigenvalue weighted by atomic mass is 10.1. The number of aromatic nitrogens is 2. The van der Waals surface area contributed by atoms with Crippen molar-refractivity contribution in [3.63, 3.8) is 0 Å². The minimum atomic E-state index is -3.39. The molecule has 1 N–H and O–H groups in total. The molecule has 174 valence electrons. The van der Waals surface area contributed by atoms with Crippen molar-refractivity contribution in [2.24, 2.45) is 0 Å². The molecule has 1 amide bonds. The van der Waals surface area contributed by atoms with Gasteiger partial charge in [-0.2, -0.15) is 5.10 Å². The number of ether oxygens (including phenoxy) is 1. The Balaban J connectivity index is 1.51. The van der Waals surface area contributed by atoms with Gasteiger partial charge in [0.2, 0.25) is 0 Å². The highest BCUT2D eigenvalue weighted by atomic mass is 32.2. The molecule has 0 unspecified atom stereocenters. The van der Waals surface area contributed by atoms with Gasteiger partial charge in [0.25, 0.3) is 5.91 Å². The first-order valence-electron chi connectivity index (χ1n) is 10.8. The van der Waals surface area contributed by atoms with Gasteiger partial charge < -0.3 is 10.1 Å². The van der Waals surface area contributed by atoms with E-state index in [0.717, 1.165) is 11.3 Å². The van der Waals surface area contributed by atoms with Gasteiger partial charge in [-0.05, 0) is 55.0 Å². The van der Waals surface area contributed by atoms with Crippen LogP contribution in [0.3, 0.4) is 0 Å². The van der Waals surface area contributed by atoms with Gasteiger partial charge in [0, 0.05) is 18.3 Å². The number of amides is 1. The second-order valence-corrected chi connectivity index (χ2v) is 9.75. The molecule has 0 spiro atoms. The van der Waals surface area contributed by atoms with E-state index >= 15 is 0 Å². The summed E-state index contributed by atoms with van der Waals surface area (Å²) in [6.07, 6.45) is 1.98. The first kappa shape index (κ1) is 23.3. The lowest BCUT2D eigenvalue weighted by molar-refractivity contribution is 0.0954. The average molecular weight is 476 g/mol. The summed E-state index contributed by atoms with van der Waals surface area (Å²) in [5.74, 6) is 0.341. The molecule has 4 aromatic rings. The molecule has 0 atom stereocenters. The number of nitrogens with zero attached hydrogens (tertiary/aromatic N) is 2. The predicted molar refractivity (Wildman–Crippen MR) is 131 cm³/mol. The number of carbonyl (C=O) groups excluding carboxylic acids is 1. The van der Waals surface area contributed by atoms with Crippen molar-refractivity contribution < 1.29 is 17.9 Å². The lowest BCUT2D eigenvalue weighted by Crippen LogP contribution is -2.26. The maximum atomic E-state index is 13.1. The number of para-hydroxylation sites is 1. The van der Waals surface area contributed by atoms with E-state index in [1.807, 2.05) is 54.6 Å². The van der Waals surface area contributed by atoms with Crippen LogP contribution in [0.2, 0.25) is 0 Å². The molecule has 34 heavy (non-hydrogen) atoms. The molecular weight excluding hydrogens is 450 g/mol. The van der Waals surface area contributed by atoms with Gasteiger partial charge in [-0.25, -0.2) is 13.1 Å². The normalized spacial score (nSPS) is 11.2. The minimum Gasteiger partial charge on any atom is -0.497 e. The van der Waals surface area contributed by atoms with Crippen LogP contribution in [0.1, 0.15) is 16.8 Å². The molecule has 8 heteroatoms. The van der Waals surface area contributed by atoms with E-state index in [0.29, 0.717) is 23.4 Å². The van der Waals surface area contributed by atoms with Gasteiger partial charge in [0.05, 0.1) is 29.0 Å². The fourth-order valence-corrected chi connectivity index (χ4v) is 4.85. The SMILES string of the molecule is COc1ccc(-c2nn(-c3ccccc3)cc2C(=O)NCCCS(=O)(=O)c2ccccc2)cc1. The Hall–Kier alpha value is -3.91. The monoisotopic (exact) mass is 475 g/mol. The van der Waals surface area contributed by atoms with Crippen LogP contribution < -0.4 is 10.1 Å². The number of hydrogen-bond acceptors (Lipinski definition) is 5. The molecule has 0 saturated heterocycles. The molecule has 0 fully saturated rings. The molecule has 0 aliphatic heterocycles. The van der Waals surface area contributed by atoms with Crippen molar-refractivity contribution >= 4 is 15.7 Å². The summed E-state index contributed by atoms with van der Waals surface area (Å²) in [4.78, 5) is 13.3. The summed E-state index contributed by atoms with van der Waals surface area (Å²) >= 11 is 0. The van der Waals surface area contributed by atoms with E-state index in [4.69, 9.17) is 4.74 Å². The summed E-state index contributed by atoms with van der Waals surface area (Å²) in [5, 5.41) is 7.49. The molecule has 1 aromatic heterocycles. The third kappa shape index (κ3) is 5.35. The van der Waals surface area contributed by atoms with Crippen LogP contribution in [0.5, 0.6) is 5.75 Å². The smallest absolute Gasteiger partial charge is 0.255 e. The molecule has 3 aromatic carbocycles. The second-order valence-electron chi connectivity index (χ2n) is 7.64. The number of rotatable bonds is 9. The van der Waals surface area contributed by atoms with Crippen LogP contribution in [0, 0.1) is 0 Å². The lowest BCUT2D eigenvalue weighted by Gasteiger charge is -2.07. The van der Waals surface area contributed by atoms with Crippen molar-refractivity contribution in [1.29, 1.82) is 0 Å². The van der Waals surface area contributed by atoms with Gasteiger partial charge in [-0.15, -0.1) is 0 Å². The van der Waals surface area contributed by atoms with E-state index in [1.54, 1.807) is 48.3 Å². The Labute approximate surface area is 198 Å². The fraction of sp³-hybridized carbons (Fsp3) is 0.154. The second kappa shape index (κ2) is 10.4. The summed E-state index contributed by atoms with van der Waals surface area (Å²) in [6.45, 7) is 0.226. The number of carbonyl (C=O) groups is 1. The number of methoxy groups -OCH3 is 1. The largest absolute Gasteiger partial charge is 0.497 e. The van der Waals surface area contributed by atoms with Crippen molar-refractivity contribution in [2.45, 2.75) is 11.3 Å². The maximum absolute atomic E-state index is 13.1. The molecule has 0 aliphatic rings. The molecule has 0 saturated carbocycles. The summed E-state index contributed by atoms with van der Waals surface area (Å²) < 4.78 is 31.8. The molecule has 0 bridgehead atoms. The van der Waals surface area contributed by atoms with Gasteiger partial charge in [-0.1, -0.05) is 36.4 Å². The Kier molecular flexibility index (Phi) is 7.08. The van der Waals surface area contributed by atoms with Gasteiger partial charge in [0.1, 0.15) is 11.4 Å².